The number of nitrogens with one attached hydrogen (secondary N) is 1. The maximum absolute atomic E-state index is 13.4. The van der Waals surface area contributed by atoms with Crippen molar-refractivity contribution >= 4 is 44.1 Å². The highest BCUT2D eigenvalue weighted by atomic mass is 32.2. The Morgan fingerprint density at radius 3 is 2.25 bits per heavy atom. The fourth-order valence-electron chi connectivity index (χ4n) is 4.69. The van der Waals surface area contributed by atoms with E-state index in [0.29, 0.717) is 61.8 Å². The molecule has 1 saturated heterocycles. The molecule has 1 fully saturated rings. The number of rotatable bonds is 7. The van der Waals surface area contributed by atoms with Crippen LogP contribution in [-0.4, -0.2) is 73.0 Å². The average molecular weight is 533 g/mol. The number of sulfonamides is 1. The van der Waals surface area contributed by atoms with Crippen LogP contribution in [0.3, 0.4) is 0 Å². The molecule has 0 saturated carbocycles. The van der Waals surface area contributed by atoms with E-state index < -0.39 is 15.9 Å². The van der Waals surface area contributed by atoms with Crippen LogP contribution < -0.4 is 5.32 Å². The molecule has 2 aliphatic rings. The Bertz CT molecular complexity index is 1260. The predicted octanol–water partition coefficient (Wildman–Crippen LogP) is 3.17. The van der Waals surface area contributed by atoms with Gasteiger partial charge < -0.3 is 15.1 Å². The monoisotopic (exact) mass is 532 g/mol. The number of hydrogen-bond acceptors (Lipinski definition) is 6. The van der Waals surface area contributed by atoms with Crippen molar-refractivity contribution < 1.29 is 22.8 Å². The summed E-state index contributed by atoms with van der Waals surface area (Å²) in [7, 11) is -3.57. The maximum atomic E-state index is 13.4. The molecule has 3 amide bonds. The zero-order valence-corrected chi connectivity index (χ0v) is 22.5. The molecule has 2 aliphatic heterocycles. The van der Waals surface area contributed by atoms with Crippen molar-refractivity contribution in [3.8, 4) is 0 Å². The van der Waals surface area contributed by atoms with Crippen LogP contribution in [0.5, 0.6) is 0 Å². The first-order chi connectivity index (χ1) is 17.2. The highest BCUT2D eigenvalue weighted by molar-refractivity contribution is 7.89. The van der Waals surface area contributed by atoms with Crippen LogP contribution in [-0.2, 0) is 27.8 Å². The number of carbonyl (C=O) groups is 3. The lowest BCUT2D eigenvalue weighted by atomic mass is 10.0. The largest absolute Gasteiger partial charge is 0.339 e. The fraction of sp³-hybridized carbons (Fsp3) is 0.480. The first-order valence-corrected chi connectivity index (χ1v) is 14.5. The molecule has 1 aromatic heterocycles. The van der Waals surface area contributed by atoms with Gasteiger partial charge in [0.15, 0.2) is 0 Å². The van der Waals surface area contributed by atoms with Crippen LogP contribution in [0.2, 0.25) is 0 Å². The van der Waals surface area contributed by atoms with E-state index in [9.17, 15) is 22.8 Å². The summed E-state index contributed by atoms with van der Waals surface area (Å²) in [6, 6.07) is 5.90. The number of fused-ring (bicyclic) bond motifs is 1. The lowest BCUT2D eigenvalue weighted by molar-refractivity contribution is -0.129. The van der Waals surface area contributed by atoms with Gasteiger partial charge in [0.25, 0.3) is 11.8 Å². The number of anilines is 1. The third-order valence-electron chi connectivity index (χ3n) is 6.81. The Hall–Kier alpha value is -2.76. The van der Waals surface area contributed by atoms with Gasteiger partial charge >= 0.3 is 0 Å². The number of hydrogen-bond donors (Lipinski definition) is 1. The van der Waals surface area contributed by atoms with Gasteiger partial charge in [-0.2, -0.15) is 4.31 Å². The van der Waals surface area contributed by atoms with Crippen molar-refractivity contribution in [1.29, 1.82) is 0 Å². The predicted molar refractivity (Wildman–Crippen MR) is 139 cm³/mol. The van der Waals surface area contributed by atoms with Crippen LogP contribution in [0, 0.1) is 0 Å². The van der Waals surface area contributed by atoms with Gasteiger partial charge in [0.1, 0.15) is 5.00 Å². The summed E-state index contributed by atoms with van der Waals surface area (Å²) < 4.78 is 27.0. The maximum Gasteiger partial charge on any atom is 0.257 e. The molecule has 36 heavy (non-hydrogen) atoms. The summed E-state index contributed by atoms with van der Waals surface area (Å²) in [6.07, 6.45) is 2.25. The number of thiophene rings is 1. The zero-order valence-electron chi connectivity index (χ0n) is 20.9. The first-order valence-electron chi connectivity index (χ1n) is 12.3. The molecule has 1 aromatic carbocycles. The molecular formula is C25H32N4O5S2. The Morgan fingerprint density at radius 2 is 1.67 bits per heavy atom. The van der Waals surface area contributed by atoms with E-state index in [4.69, 9.17) is 0 Å². The zero-order chi connectivity index (χ0) is 26.0. The molecule has 3 heterocycles. The standard InChI is InChI=1S/C25H32N4O5S2/c1-4-27(5-2)25(32)22-20-12-15-28(17(3)30)16-21(20)35-24(22)26-23(31)18-8-10-19(11-9-18)36(33,34)29-13-6-7-14-29/h8-11H,4-7,12-16H2,1-3H3,(H,26,31). The normalized spacial score (nSPS) is 16.0. The average Bonchev–Trinajstić information content (AvgIpc) is 3.53. The van der Waals surface area contributed by atoms with Gasteiger partial charge in [0.05, 0.1) is 17.0 Å². The molecular weight excluding hydrogens is 500 g/mol. The highest BCUT2D eigenvalue weighted by Crippen LogP contribution is 2.38. The van der Waals surface area contributed by atoms with Gasteiger partial charge in [0, 0.05) is 50.1 Å². The summed E-state index contributed by atoms with van der Waals surface area (Å²) in [5.41, 5.74) is 1.67. The second-order valence-corrected chi connectivity index (χ2v) is 12.0. The summed E-state index contributed by atoms with van der Waals surface area (Å²) in [5, 5.41) is 3.35. The van der Waals surface area contributed by atoms with Gasteiger partial charge in [-0.05, 0) is 62.9 Å². The van der Waals surface area contributed by atoms with Crippen molar-refractivity contribution in [1.82, 2.24) is 14.1 Å². The smallest absolute Gasteiger partial charge is 0.257 e. The van der Waals surface area contributed by atoms with Gasteiger partial charge in [0.2, 0.25) is 15.9 Å². The Balaban J connectivity index is 1.61. The molecule has 0 spiro atoms. The van der Waals surface area contributed by atoms with Crippen molar-refractivity contribution in [3.05, 3.63) is 45.8 Å². The van der Waals surface area contributed by atoms with E-state index in [1.807, 2.05) is 13.8 Å². The molecule has 0 aliphatic carbocycles. The molecule has 0 bridgehead atoms. The van der Waals surface area contributed by atoms with Gasteiger partial charge in [-0.1, -0.05) is 0 Å². The summed E-state index contributed by atoms with van der Waals surface area (Å²) in [6.45, 7) is 8.39. The number of nitrogens with zero attached hydrogens (tertiary/aromatic N) is 3. The fourth-order valence-corrected chi connectivity index (χ4v) is 7.45. The lowest BCUT2D eigenvalue weighted by Crippen LogP contribution is -2.35. The van der Waals surface area contributed by atoms with E-state index in [0.717, 1.165) is 23.3 Å². The molecule has 0 radical (unpaired) electrons. The minimum Gasteiger partial charge on any atom is -0.339 e. The van der Waals surface area contributed by atoms with Gasteiger partial charge in [-0.3, -0.25) is 14.4 Å². The molecule has 0 unspecified atom stereocenters. The van der Waals surface area contributed by atoms with Crippen LogP contribution >= 0.6 is 11.3 Å². The van der Waals surface area contributed by atoms with E-state index in [2.05, 4.69) is 5.32 Å². The SMILES string of the molecule is CCN(CC)C(=O)c1c(NC(=O)c2ccc(S(=O)(=O)N3CCCC3)cc2)sc2c1CCN(C(C)=O)C2. The Labute approximate surface area is 216 Å². The summed E-state index contributed by atoms with van der Waals surface area (Å²) in [4.78, 5) is 43.0. The third-order valence-corrected chi connectivity index (χ3v) is 9.86. The second-order valence-electron chi connectivity index (χ2n) is 8.97. The minimum absolute atomic E-state index is 0.0276. The van der Waals surface area contributed by atoms with Gasteiger partial charge in [-0.25, -0.2) is 8.42 Å². The number of amides is 3. The van der Waals surface area contributed by atoms with Gasteiger partial charge in [-0.15, -0.1) is 11.3 Å². The Morgan fingerprint density at radius 1 is 1.03 bits per heavy atom. The number of carbonyl (C=O) groups excluding carboxylic acids is 3. The molecule has 194 valence electrons. The Kier molecular flexibility index (Phi) is 7.82. The van der Waals surface area contributed by atoms with Crippen LogP contribution in [0.1, 0.15) is 64.8 Å². The quantitative estimate of drug-likeness (QED) is 0.590. The van der Waals surface area contributed by atoms with E-state index in [1.165, 1.54) is 46.8 Å². The first kappa shape index (κ1) is 26.3. The molecule has 11 heteroatoms. The molecule has 4 rings (SSSR count). The van der Waals surface area contributed by atoms with Crippen molar-refractivity contribution in [2.45, 2.75) is 51.5 Å². The summed E-state index contributed by atoms with van der Waals surface area (Å²) in [5.74, 6) is -0.591. The van der Waals surface area contributed by atoms with Crippen molar-refractivity contribution in [2.24, 2.45) is 0 Å². The third kappa shape index (κ3) is 5.05. The van der Waals surface area contributed by atoms with Crippen LogP contribution in [0.4, 0.5) is 5.00 Å². The summed E-state index contributed by atoms with van der Waals surface area (Å²) >= 11 is 1.32. The minimum atomic E-state index is -3.57. The van der Waals surface area contributed by atoms with E-state index in [1.54, 1.807) is 9.80 Å². The topological polar surface area (TPSA) is 107 Å². The highest BCUT2D eigenvalue weighted by Gasteiger charge is 2.31. The van der Waals surface area contributed by atoms with E-state index in [-0.39, 0.29) is 16.7 Å². The van der Waals surface area contributed by atoms with Crippen molar-refractivity contribution in [2.75, 3.05) is 38.0 Å². The van der Waals surface area contributed by atoms with E-state index >= 15 is 0 Å². The van der Waals surface area contributed by atoms with Crippen LogP contribution in [0.15, 0.2) is 29.2 Å². The van der Waals surface area contributed by atoms with Crippen molar-refractivity contribution in [3.63, 3.8) is 0 Å². The number of benzene rings is 1. The molecule has 9 nitrogen and oxygen atoms in total. The molecule has 0 atom stereocenters. The molecule has 2 aromatic rings. The van der Waals surface area contributed by atoms with Crippen LogP contribution in [0.25, 0.3) is 0 Å². The second kappa shape index (κ2) is 10.7. The molecule has 1 N–H and O–H groups in total. The lowest BCUT2D eigenvalue weighted by Gasteiger charge is -2.27.